The highest BCUT2D eigenvalue weighted by atomic mass is 32.2. The van der Waals surface area contributed by atoms with Gasteiger partial charge in [-0.3, -0.25) is 4.90 Å². The SMILES string of the molecule is CSC1CCCC1N1CC(C(C)C)NCC1C(C)C. The summed E-state index contributed by atoms with van der Waals surface area (Å²) in [4.78, 5) is 2.88. The fourth-order valence-electron chi connectivity index (χ4n) is 3.82. The molecular weight excluding hydrogens is 252 g/mol. The smallest absolute Gasteiger partial charge is 0.0247 e. The lowest BCUT2D eigenvalue weighted by molar-refractivity contribution is 0.0494. The Morgan fingerprint density at radius 2 is 1.84 bits per heavy atom. The van der Waals surface area contributed by atoms with E-state index in [1.165, 1.54) is 32.4 Å². The zero-order valence-electron chi connectivity index (χ0n) is 13.4. The molecular formula is C16H32N2S. The normalized spacial score (nSPS) is 37.4. The standard InChI is InChI=1S/C16H32N2S/c1-11(2)13-10-18(15(9-17-13)12(3)4)14-7-6-8-16(14)19-5/h11-17H,6-10H2,1-5H3. The van der Waals surface area contributed by atoms with Crippen LogP contribution in [0.4, 0.5) is 0 Å². The molecule has 2 fully saturated rings. The van der Waals surface area contributed by atoms with Gasteiger partial charge in [0.2, 0.25) is 0 Å². The van der Waals surface area contributed by atoms with Crippen molar-refractivity contribution in [3.63, 3.8) is 0 Å². The van der Waals surface area contributed by atoms with Gasteiger partial charge < -0.3 is 5.32 Å². The third-order valence-electron chi connectivity index (χ3n) is 5.14. The van der Waals surface area contributed by atoms with E-state index < -0.39 is 0 Å². The summed E-state index contributed by atoms with van der Waals surface area (Å²) in [6.07, 6.45) is 6.57. The molecule has 4 atom stereocenters. The van der Waals surface area contributed by atoms with E-state index in [0.717, 1.165) is 29.2 Å². The molecule has 0 spiro atoms. The molecule has 112 valence electrons. The first-order valence-corrected chi connectivity index (χ1v) is 9.35. The average Bonchev–Trinajstić information content (AvgIpc) is 2.85. The topological polar surface area (TPSA) is 15.3 Å². The third kappa shape index (κ3) is 3.48. The number of thioether (sulfide) groups is 1. The number of hydrogen-bond donors (Lipinski definition) is 1. The maximum Gasteiger partial charge on any atom is 0.0247 e. The van der Waals surface area contributed by atoms with Crippen molar-refractivity contribution >= 4 is 11.8 Å². The summed E-state index contributed by atoms with van der Waals surface area (Å²) in [5.74, 6) is 1.49. The van der Waals surface area contributed by atoms with Gasteiger partial charge in [-0.25, -0.2) is 0 Å². The number of nitrogens with zero attached hydrogens (tertiary/aromatic N) is 1. The van der Waals surface area contributed by atoms with Crippen LogP contribution < -0.4 is 5.32 Å². The Bertz CT molecular complexity index is 280. The zero-order chi connectivity index (χ0) is 14.0. The molecule has 1 N–H and O–H groups in total. The molecule has 0 amide bonds. The largest absolute Gasteiger partial charge is 0.311 e. The lowest BCUT2D eigenvalue weighted by Gasteiger charge is -2.48. The van der Waals surface area contributed by atoms with E-state index in [9.17, 15) is 0 Å². The van der Waals surface area contributed by atoms with Crippen LogP contribution >= 0.6 is 11.8 Å². The van der Waals surface area contributed by atoms with E-state index in [4.69, 9.17) is 0 Å². The van der Waals surface area contributed by atoms with Crippen molar-refractivity contribution in [2.75, 3.05) is 19.3 Å². The van der Waals surface area contributed by atoms with Gasteiger partial charge in [-0.1, -0.05) is 34.1 Å². The third-order valence-corrected chi connectivity index (χ3v) is 6.30. The van der Waals surface area contributed by atoms with Crippen molar-refractivity contribution in [1.82, 2.24) is 10.2 Å². The van der Waals surface area contributed by atoms with Crippen LogP contribution in [0.5, 0.6) is 0 Å². The van der Waals surface area contributed by atoms with Gasteiger partial charge in [-0.05, 0) is 30.9 Å². The Balaban J connectivity index is 2.11. The van der Waals surface area contributed by atoms with Crippen molar-refractivity contribution < 1.29 is 0 Å². The molecule has 0 radical (unpaired) electrons. The summed E-state index contributed by atoms with van der Waals surface area (Å²) in [5.41, 5.74) is 0. The Hall–Kier alpha value is 0.270. The van der Waals surface area contributed by atoms with E-state index in [1.807, 2.05) is 0 Å². The van der Waals surface area contributed by atoms with E-state index >= 15 is 0 Å². The van der Waals surface area contributed by atoms with Crippen LogP contribution in [0.25, 0.3) is 0 Å². The minimum Gasteiger partial charge on any atom is -0.311 e. The summed E-state index contributed by atoms with van der Waals surface area (Å²) in [5, 5.41) is 4.66. The molecule has 2 aliphatic rings. The molecule has 2 nitrogen and oxygen atoms in total. The van der Waals surface area contributed by atoms with E-state index in [2.05, 4.69) is 55.9 Å². The number of nitrogens with one attached hydrogen (secondary N) is 1. The van der Waals surface area contributed by atoms with Gasteiger partial charge in [0.05, 0.1) is 0 Å². The van der Waals surface area contributed by atoms with Crippen LogP contribution in [0, 0.1) is 11.8 Å². The summed E-state index contributed by atoms with van der Waals surface area (Å²) < 4.78 is 0. The molecule has 1 saturated heterocycles. The second-order valence-electron chi connectivity index (χ2n) is 7.04. The predicted molar refractivity (Wildman–Crippen MR) is 86.9 cm³/mol. The minimum absolute atomic E-state index is 0.679. The number of rotatable bonds is 4. The maximum absolute atomic E-state index is 3.79. The fraction of sp³-hybridized carbons (Fsp3) is 1.00. The highest BCUT2D eigenvalue weighted by molar-refractivity contribution is 7.99. The summed E-state index contributed by atoms with van der Waals surface area (Å²) in [7, 11) is 0. The molecule has 1 saturated carbocycles. The Labute approximate surface area is 124 Å². The molecule has 0 bridgehead atoms. The first kappa shape index (κ1) is 15.7. The second-order valence-corrected chi connectivity index (χ2v) is 8.12. The van der Waals surface area contributed by atoms with Crippen LogP contribution in [0.3, 0.4) is 0 Å². The molecule has 3 heteroatoms. The van der Waals surface area contributed by atoms with Crippen molar-refractivity contribution in [2.24, 2.45) is 11.8 Å². The van der Waals surface area contributed by atoms with Gasteiger partial charge in [-0.15, -0.1) is 0 Å². The Morgan fingerprint density at radius 1 is 1.11 bits per heavy atom. The van der Waals surface area contributed by atoms with Gasteiger partial charge in [-0.2, -0.15) is 11.8 Å². The van der Waals surface area contributed by atoms with Gasteiger partial charge in [0.1, 0.15) is 0 Å². The van der Waals surface area contributed by atoms with Crippen LogP contribution in [0.1, 0.15) is 47.0 Å². The van der Waals surface area contributed by atoms with Crippen molar-refractivity contribution in [2.45, 2.75) is 70.3 Å². The zero-order valence-corrected chi connectivity index (χ0v) is 14.2. The summed E-state index contributed by atoms with van der Waals surface area (Å²) >= 11 is 2.10. The van der Waals surface area contributed by atoms with Crippen molar-refractivity contribution in [3.8, 4) is 0 Å². The minimum atomic E-state index is 0.679. The number of hydrogen-bond acceptors (Lipinski definition) is 3. The quantitative estimate of drug-likeness (QED) is 0.853. The van der Waals surface area contributed by atoms with E-state index in [-0.39, 0.29) is 0 Å². The Kier molecular flexibility index (Phi) is 5.62. The molecule has 4 unspecified atom stereocenters. The van der Waals surface area contributed by atoms with Crippen LogP contribution in [-0.2, 0) is 0 Å². The van der Waals surface area contributed by atoms with Crippen molar-refractivity contribution in [3.05, 3.63) is 0 Å². The van der Waals surface area contributed by atoms with Crippen LogP contribution in [0.2, 0.25) is 0 Å². The van der Waals surface area contributed by atoms with Crippen LogP contribution in [0.15, 0.2) is 0 Å². The van der Waals surface area contributed by atoms with Gasteiger partial charge in [0.25, 0.3) is 0 Å². The van der Waals surface area contributed by atoms with Gasteiger partial charge in [0, 0.05) is 36.5 Å². The molecule has 0 aromatic rings. The molecule has 0 aromatic heterocycles. The van der Waals surface area contributed by atoms with Gasteiger partial charge in [0.15, 0.2) is 0 Å². The first-order chi connectivity index (χ1) is 9.04. The lowest BCUT2D eigenvalue weighted by Crippen LogP contribution is -2.63. The van der Waals surface area contributed by atoms with E-state index in [1.54, 1.807) is 0 Å². The molecule has 2 rings (SSSR count). The molecule has 1 aliphatic heterocycles. The average molecular weight is 285 g/mol. The summed E-state index contributed by atoms with van der Waals surface area (Å²) in [6.45, 7) is 11.9. The maximum atomic E-state index is 3.79. The fourth-order valence-corrected chi connectivity index (χ4v) is 4.83. The Morgan fingerprint density at radius 3 is 2.42 bits per heavy atom. The highest BCUT2D eigenvalue weighted by Crippen LogP contribution is 2.35. The molecule has 1 aliphatic carbocycles. The van der Waals surface area contributed by atoms with Gasteiger partial charge >= 0.3 is 0 Å². The molecule has 19 heavy (non-hydrogen) atoms. The van der Waals surface area contributed by atoms with Crippen molar-refractivity contribution in [1.29, 1.82) is 0 Å². The first-order valence-electron chi connectivity index (χ1n) is 8.06. The lowest BCUT2D eigenvalue weighted by atomic mass is 9.92. The number of piperazine rings is 1. The predicted octanol–water partition coefficient (Wildman–Crippen LogP) is 3.22. The van der Waals surface area contributed by atoms with E-state index in [0.29, 0.717) is 6.04 Å². The monoisotopic (exact) mass is 284 g/mol. The molecule has 0 aromatic carbocycles. The highest BCUT2D eigenvalue weighted by Gasteiger charge is 2.39. The molecule has 1 heterocycles. The van der Waals surface area contributed by atoms with Crippen LogP contribution in [-0.4, -0.2) is 47.6 Å². The summed E-state index contributed by atoms with van der Waals surface area (Å²) in [6, 6.07) is 2.23. The second kappa shape index (κ2) is 6.82.